The van der Waals surface area contributed by atoms with Gasteiger partial charge in [-0.1, -0.05) is 24.6 Å². The summed E-state index contributed by atoms with van der Waals surface area (Å²) >= 11 is 11.1. The molecule has 4 nitrogen and oxygen atoms in total. The number of ether oxygens (including phenoxy) is 1. The number of hydrogen-bond acceptors (Lipinski definition) is 3. The highest BCUT2D eigenvalue weighted by Crippen LogP contribution is 2.23. The van der Waals surface area contributed by atoms with Gasteiger partial charge in [0.2, 0.25) is 0 Å². The summed E-state index contributed by atoms with van der Waals surface area (Å²) in [5.41, 5.74) is 0. The second kappa shape index (κ2) is 6.21. The second-order valence-corrected chi connectivity index (χ2v) is 5.08. The van der Waals surface area contributed by atoms with Crippen LogP contribution in [0.25, 0.3) is 0 Å². The number of nitrogens with one attached hydrogen (secondary N) is 1. The van der Waals surface area contributed by atoms with Crippen LogP contribution < -0.4 is 4.74 Å². The fraction of sp³-hybridized carbons (Fsp3) is 0.385. The van der Waals surface area contributed by atoms with Crippen LogP contribution in [0.1, 0.15) is 32.2 Å². The van der Waals surface area contributed by atoms with Gasteiger partial charge in [-0.25, -0.2) is 0 Å². The van der Waals surface area contributed by atoms with Crippen LogP contribution in [0.2, 0.25) is 5.02 Å². The minimum atomic E-state index is -0.196. The number of nitrogens with zero attached hydrogens (tertiary/aromatic N) is 2. The smallest absolute Gasteiger partial charge is 0.195 e. The standard InChI is InChI=1S/C13H16ClN3OS/c1-3-7-17-12(15-16-13(17)19)9(2)18-11-6-4-5-10(14)8-11/h4-6,8-9H,3,7H2,1-2H3,(H,16,19). The molecule has 102 valence electrons. The lowest BCUT2D eigenvalue weighted by Crippen LogP contribution is -2.12. The Labute approximate surface area is 122 Å². The summed E-state index contributed by atoms with van der Waals surface area (Å²) in [7, 11) is 0. The molecular weight excluding hydrogens is 282 g/mol. The van der Waals surface area contributed by atoms with Crippen LogP contribution in [0.4, 0.5) is 0 Å². The molecule has 2 rings (SSSR count). The largest absolute Gasteiger partial charge is 0.483 e. The van der Waals surface area contributed by atoms with Crippen LogP contribution in [0.15, 0.2) is 24.3 Å². The van der Waals surface area contributed by atoms with Gasteiger partial charge < -0.3 is 9.30 Å². The van der Waals surface area contributed by atoms with Crippen LogP contribution in [0.5, 0.6) is 5.75 Å². The number of aromatic amines is 1. The van der Waals surface area contributed by atoms with Crippen molar-refractivity contribution < 1.29 is 4.74 Å². The Balaban J connectivity index is 2.20. The predicted molar refractivity (Wildman–Crippen MR) is 78.2 cm³/mol. The Morgan fingerprint density at radius 1 is 1.53 bits per heavy atom. The number of halogens is 1. The lowest BCUT2D eigenvalue weighted by Gasteiger charge is -2.15. The van der Waals surface area contributed by atoms with Crippen molar-refractivity contribution >= 4 is 23.8 Å². The first-order valence-electron chi connectivity index (χ1n) is 6.19. The maximum Gasteiger partial charge on any atom is 0.195 e. The highest BCUT2D eigenvalue weighted by molar-refractivity contribution is 7.71. The number of rotatable bonds is 5. The third kappa shape index (κ3) is 3.36. The Bertz CT molecular complexity index is 608. The molecule has 0 aliphatic rings. The molecule has 1 aromatic carbocycles. The van der Waals surface area contributed by atoms with Crippen molar-refractivity contribution in [2.75, 3.05) is 0 Å². The molecule has 0 radical (unpaired) electrons. The van der Waals surface area contributed by atoms with Crippen molar-refractivity contribution in [2.24, 2.45) is 0 Å². The van der Waals surface area contributed by atoms with Crippen LogP contribution in [0.3, 0.4) is 0 Å². The summed E-state index contributed by atoms with van der Waals surface area (Å²) in [6.07, 6.45) is 0.794. The Hall–Kier alpha value is -1.33. The normalized spacial score (nSPS) is 12.4. The van der Waals surface area contributed by atoms with Crippen molar-refractivity contribution in [1.29, 1.82) is 0 Å². The first-order valence-corrected chi connectivity index (χ1v) is 6.97. The Morgan fingerprint density at radius 2 is 2.32 bits per heavy atom. The molecule has 1 heterocycles. The first kappa shape index (κ1) is 14.1. The van der Waals surface area contributed by atoms with Gasteiger partial charge in [0.1, 0.15) is 5.75 Å². The van der Waals surface area contributed by atoms with Crippen molar-refractivity contribution in [3.05, 3.63) is 39.9 Å². The van der Waals surface area contributed by atoms with E-state index in [1.807, 2.05) is 29.7 Å². The molecule has 1 unspecified atom stereocenters. The molecule has 1 aromatic heterocycles. The monoisotopic (exact) mass is 297 g/mol. The third-order valence-corrected chi connectivity index (χ3v) is 3.25. The molecule has 0 aliphatic heterocycles. The van der Waals surface area contributed by atoms with Gasteiger partial charge >= 0.3 is 0 Å². The van der Waals surface area contributed by atoms with Crippen LogP contribution in [-0.2, 0) is 6.54 Å². The molecule has 0 saturated heterocycles. The van der Waals surface area contributed by atoms with E-state index in [2.05, 4.69) is 17.1 Å². The molecule has 0 spiro atoms. The van der Waals surface area contributed by atoms with Crippen molar-refractivity contribution in [3.8, 4) is 5.75 Å². The van der Waals surface area contributed by atoms with Crippen LogP contribution in [0, 0.1) is 4.77 Å². The maximum absolute atomic E-state index is 5.94. The second-order valence-electron chi connectivity index (χ2n) is 4.26. The van der Waals surface area contributed by atoms with Gasteiger partial charge in [-0.05, 0) is 43.8 Å². The number of H-pyrrole nitrogens is 1. The van der Waals surface area contributed by atoms with Crippen molar-refractivity contribution in [2.45, 2.75) is 32.9 Å². The molecule has 1 atom stereocenters. The molecule has 1 N–H and O–H groups in total. The van der Waals surface area contributed by atoms with Gasteiger partial charge in [0, 0.05) is 11.6 Å². The highest BCUT2D eigenvalue weighted by atomic mass is 35.5. The molecule has 0 aliphatic carbocycles. The summed E-state index contributed by atoms with van der Waals surface area (Å²) in [5.74, 6) is 1.52. The van der Waals surface area contributed by atoms with E-state index in [0.29, 0.717) is 9.79 Å². The SMILES string of the molecule is CCCn1c(C(C)Oc2cccc(Cl)c2)n[nH]c1=S. The van der Waals surface area contributed by atoms with E-state index < -0.39 is 0 Å². The van der Waals surface area contributed by atoms with Gasteiger partial charge in [-0.3, -0.25) is 5.10 Å². The Morgan fingerprint density at radius 3 is 3.00 bits per heavy atom. The van der Waals surface area contributed by atoms with Gasteiger partial charge in [0.05, 0.1) is 0 Å². The van der Waals surface area contributed by atoms with Crippen LogP contribution >= 0.6 is 23.8 Å². The zero-order valence-electron chi connectivity index (χ0n) is 10.9. The van der Waals surface area contributed by atoms with Gasteiger partial charge in [0.25, 0.3) is 0 Å². The minimum Gasteiger partial charge on any atom is -0.483 e. The fourth-order valence-corrected chi connectivity index (χ4v) is 2.29. The zero-order valence-corrected chi connectivity index (χ0v) is 12.5. The van der Waals surface area contributed by atoms with E-state index in [9.17, 15) is 0 Å². The lowest BCUT2D eigenvalue weighted by atomic mass is 10.3. The van der Waals surface area contributed by atoms with E-state index in [4.69, 9.17) is 28.6 Å². The quantitative estimate of drug-likeness (QED) is 0.843. The third-order valence-electron chi connectivity index (χ3n) is 2.71. The van der Waals surface area contributed by atoms with Crippen molar-refractivity contribution in [1.82, 2.24) is 14.8 Å². The molecular formula is C13H16ClN3OS. The summed E-state index contributed by atoms with van der Waals surface area (Å²) in [5, 5.41) is 7.70. The van der Waals surface area contributed by atoms with Gasteiger partial charge in [-0.15, -0.1) is 0 Å². The first-order chi connectivity index (χ1) is 9.11. The van der Waals surface area contributed by atoms with Crippen LogP contribution in [-0.4, -0.2) is 14.8 Å². The predicted octanol–water partition coefficient (Wildman–Crippen LogP) is 4.14. The van der Waals surface area contributed by atoms with Gasteiger partial charge in [-0.2, -0.15) is 5.10 Å². The van der Waals surface area contributed by atoms with Crippen molar-refractivity contribution in [3.63, 3.8) is 0 Å². The molecule has 19 heavy (non-hydrogen) atoms. The number of aromatic nitrogens is 3. The average molecular weight is 298 g/mol. The van der Waals surface area contributed by atoms with E-state index in [0.717, 1.165) is 24.5 Å². The molecule has 0 amide bonds. The van der Waals surface area contributed by atoms with Gasteiger partial charge in [0.15, 0.2) is 16.7 Å². The van der Waals surface area contributed by atoms with E-state index >= 15 is 0 Å². The number of benzene rings is 1. The topological polar surface area (TPSA) is 42.8 Å². The molecule has 2 aromatic rings. The molecule has 0 saturated carbocycles. The zero-order chi connectivity index (χ0) is 13.8. The maximum atomic E-state index is 5.94. The summed E-state index contributed by atoms with van der Waals surface area (Å²) in [6.45, 7) is 4.87. The summed E-state index contributed by atoms with van der Waals surface area (Å²) in [4.78, 5) is 0. The minimum absolute atomic E-state index is 0.196. The van der Waals surface area contributed by atoms with E-state index in [1.165, 1.54) is 0 Å². The molecule has 6 heteroatoms. The van der Waals surface area contributed by atoms with E-state index in [1.54, 1.807) is 6.07 Å². The Kier molecular flexibility index (Phi) is 4.61. The average Bonchev–Trinajstić information content (AvgIpc) is 2.72. The highest BCUT2D eigenvalue weighted by Gasteiger charge is 2.15. The summed E-state index contributed by atoms with van der Waals surface area (Å²) < 4.78 is 8.43. The van der Waals surface area contributed by atoms with E-state index in [-0.39, 0.29) is 6.10 Å². The lowest BCUT2D eigenvalue weighted by molar-refractivity contribution is 0.210. The fourth-order valence-electron chi connectivity index (χ4n) is 1.88. The summed E-state index contributed by atoms with van der Waals surface area (Å²) in [6, 6.07) is 7.32. The molecule has 0 fully saturated rings. The number of hydrogen-bond donors (Lipinski definition) is 1. The molecule has 0 bridgehead atoms.